The first-order chi connectivity index (χ1) is 7.86. The number of ether oxygens (including phenoxy) is 2. The van der Waals surface area contributed by atoms with Crippen molar-refractivity contribution in [3.8, 4) is 0 Å². The SMILES string of the molecule is S=C(/C=C/N1CCOCC1)N1CCOCC1. The Labute approximate surface area is 102 Å². The van der Waals surface area contributed by atoms with E-state index in [2.05, 4.69) is 16.0 Å². The molecule has 0 atom stereocenters. The van der Waals surface area contributed by atoms with Gasteiger partial charge in [-0.25, -0.2) is 0 Å². The van der Waals surface area contributed by atoms with Crippen molar-refractivity contribution in [1.82, 2.24) is 9.80 Å². The molecule has 16 heavy (non-hydrogen) atoms. The van der Waals surface area contributed by atoms with Gasteiger partial charge < -0.3 is 19.3 Å². The normalized spacial score (nSPS) is 22.8. The largest absolute Gasteiger partial charge is 0.378 e. The summed E-state index contributed by atoms with van der Waals surface area (Å²) in [4.78, 5) is 5.35. The molecule has 0 radical (unpaired) electrons. The fourth-order valence-electron chi connectivity index (χ4n) is 1.78. The highest BCUT2D eigenvalue weighted by Gasteiger charge is 2.12. The van der Waals surface area contributed by atoms with E-state index in [0.29, 0.717) is 0 Å². The second-order valence-electron chi connectivity index (χ2n) is 3.90. The minimum Gasteiger partial charge on any atom is -0.378 e. The molecule has 0 N–H and O–H groups in total. The van der Waals surface area contributed by atoms with Gasteiger partial charge in [-0.3, -0.25) is 0 Å². The predicted octanol–water partition coefficient (Wildman–Crippen LogP) is 0.492. The first kappa shape index (κ1) is 11.8. The molecule has 0 amide bonds. The predicted molar refractivity (Wildman–Crippen MR) is 66.5 cm³/mol. The van der Waals surface area contributed by atoms with Gasteiger partial charge >= 0.3 is 0 Å². The molecule has 90 valence electrons. The molecule has 2 aliphatic rings. The summed E-state index contributed by atoms with van der Waals surface area (Å²) in [5, 5.41) is 0. The van der Waals surface area contributed by atoms with Gasteiger partial charge in [-0.15, -0.1) is 0 Å². The number of nitrogens with zero attached hydrogens (tertiary/aromatic N) is 2. The Bertz CT molecular complexity index is 259. The second-order valence-corrected chi connectivity index (χ2v) is 4.32. The summed E-state index contributed by atoms with van der Waals surface area (Å²) in [6.45, 7) is 6.93. The Hall–Kier alpha value is -0.650. The quantitative estimate of drug-likeness (QED) is 0.518. The van der Waals surface area contributed by atoms with Gasteiger partial charge in [0.15, 0.2) is 0 Å². The minimum atomic E-state index is 0.783. The molecule has 2 heterocycles. The Morgan fingerprint density at radius 2 is 1.50 bits per heavy atom. The van der Waals surface area contributed by atoms with Crippen LogP contribution in [-0.2, 0) is 9.47 Å². The number of hydrogen-bond donors (Lipinski definition) is 0. The molecule has 2 saturated heterocycles. The van der Waals surface area contributed by atoms with Crippen LogP contribution in [0.2, 0.25) is 0 Å². The molecular formula is C11H18N2O2S. The van der Waals surface area contributed by atoms with Crippen LogP contribution in [0.4, 0.5) is 0 Å². The smallest absolute Gasteiger partial charge is 0.103 e. The second kappa shape index (κ2) is 6.18. The van der Waals surface area contributed by atoms with Gasteiger partial charge in [0.2, 0.25) is 0 Å². The fraction of sp³-hybridized carbons (Fsp3) is 0.727. The number of rotatable bonds is 2. The number of thiocarbonyl (C=S) groups is 1. The van der Waals surface area contributed by atoms with Crippen LogP contribution in [0.25, 0.3) is 0 Å². The molecule has 0 aromatic carbocycles. The van der Waals surface area contributed by atoms with Crippen LogP contribution >= 0.6 is 12.2 Å². The van der Waals surface area contributed by atoms with Crippen molar-refractivity contribution < 1.29 is 9.47 Å². The molecule has 0 aliphatic carbocycles. The zero-order chi connectivity index (χ0) is 11.2. The van der Waals surface area contributed by atoms with Gasteiger partial charge in [-0.1, -0.05) is 12.2 Å². The minimum absolute atomic E-state index is 0.783. The lowest BCUT2D eigenvalue weighted by atomic mass is 10.4. The van der Waals surface area contributed by atoms with Crippen LogP contribution in [-0.4, -0.2) is 67.4 Å². The Morgan fingerprint density at radius 1 is 0.938 bits per heavy atom. The Morgan fingerprint density at radius 3 is 2.12 bits per heavy atom. The summed E-state index contributed by atoms with van der Waals surface area (Å²) in [7, 11) is 0. The standard InChI is InChI=1S/C11H18N2O2S/c16-11(13-5-9-15-10-6-13)1-2-12-3-7-14-8-4-12/h1-2H,3-10H2/b2-1+. The summed E-state index contributed by atoms with van der Waals surface area (Å²) in [6, 6.07) is 0. The first-order valence-corrected chi connectivity index (χ1v) is 6.14. The highest BCUT2D eigenvalue weighted by atomic mass is 32.1. The van der Waals surface area contributed by atoms with Gasteiger partial charge in [-0.2, -0.15) is 0 Å². The van der Waals surface area contributed by atoms with E-state index >= 15 is 0 Å². The lowest BCUT2D eigenvalue weighted by Crippen LogP contribution is -2.39. The molecule has 0 unspecified atom stereocenters. The Kier molecular flexibility index (Phi) is 4.56. The highest BCUT2D eigenvalue weighted by molar-refractivity contribution is 7.80. The van der Waals surface area contributed by atoms with E-state index in [1.54, 1.807) is 0 Å². The number of morpholine rings is 2. The summed E-state index contributed by atoms with van der Waals surface area (Å²) in [5.74, 6) is 0. The molecule has 0 aromatic heterocycles. The molecule has 2 aliphatic heterocycles. The maximum Gasteiger partial charge on any atom is 0.103 e. The lowest BCUT2D eigenvalue weighted by molar-refractivity contribution is 0.0592. The van der Waals surface area contributed by atoms with E-state index in [1.165, 1.54) is 0 Å². The van der Waals surface area contributed by atoms with Crippen LogP contribution < -0.4 is 0 Å². The van der Waals surface area contributed by atoms with Crippen molar-refractivity contribution in [3.63, 3.8) is 0 Å². The first-order valence-electron chi connectivity index (χ1n) is 5.73. The third kappa shape index (κ3) is 3.43. The topological polar surface area (TPSA) is 24.9 Å². The van der Waals surface area contributed by atoms with Crippen molar-refractivity contribution in [2.45, 2.75) is 0 Å². The van der Waals surface area contributed by atoms with E-state index in [9.17, 15) is 0 Å². The van der Waals surface area contributed by atoms with Crippen molar-refractivity contribution in [1.29, 1.82) is 0 Å². The van der Waals surface area contributed by atoms with E-state index in [1.807, 2.05) is 6.08 Å². The van der Waals surface area contributed by atoms with Crippen LogP contribution in [0.1, 0.15) is 0 Å². The van der Waals surface area contributed by atoms with Gasteiger partial charge in [0.1, 0.15) is 4.99 Å². The van der Waals surface area contributed by atoms with Gasteiger partial charge in [0, 0.05) is 32.4 Å². The van der Waals surface area contributed by atoms with Crippen molar-refractivity contribution in [2.24, 2.45) is 0 Å². The summed E-state index contributed by atoms with van der Waals surface area (Å²) in [6.07, 6.45) is 4.10. The van der Waals surface area contributed by atoms with Crippen LogP contribution in [0.15, 0.2) is 12.3 Å². The molecule has 0 spiro atoms. The molecule has 0 saturated carbocycles. The van der Waals surface area contributed by atoms with Crippen LogP contribution in [0.5, 0.6) is 0 Å². The van der Waals surface area contributed by atoms with Crippen molar-refractivity contribution >= 4 is 17.2 Å². The average molecular weight is 242 g/mol. The zero-order valence-electron chi connectivity index (χ0n) is 9.43. The van der Waals surface area contributed by atoms with E-state index in [0.717, 1.165) is 57.6 Å². The molecular weight excluding hydrogens is 224 g/mol. The third-order valence-corrected chi connectivity index (χ3v) is 3.19. The van der Waals surface area contributed by atoms with E-state index in [4.69, 9.17) is 21.7 Å². The van der Waals surface area contributed by atoms with Gasteiger partial charge in [0.25, 0.3) is 0 Å². The lowest BCUT2D eigenvalue weighted by Gasteiger charge is -2.29. The summed E-state index contributed by atoms with van der Waals surface area (Å²) >= 11 is 5.37. The van der Waals surface area contributed by atoms with Crippen LogP contribution in [0.3, 0.4) is 0 Å². The molecule has 0 bridgehead atoms. The highest BCUT2D eigenvalue weighted by Crippen LogP contribution is 2.02. The third-order valence-electron chi connectivity index (χ3n) is 2.80. The maximum atomic E-state index is 5.37. The van der Waals surface area contributed by atoms with E-state index in [-0.39, 0.29) is 0 Å². The van der Waals surface area contributed by atoms with Crippen molar-refractivity contribution in [2.75, 3.05) is 52.6 Å². The molecule has 2 fully saturated rings. The van der Waals surface area contributed by atoms with E-state index < -0.39 is 0 Å². The summed E-state index contributed by atoms with van der Waals surface area (Å²) < 4.78 is 10.6. The van der Waals surface area contributed by atoms with Gasteiger partial charge in [0.05, 0.1) is 26.4 Å². The molecule has 0 aromatic rings. The molecule has 5 heteroatoms. The fourth-order valence-corrected chi connectivity index (χ4v) is 2.03. The maximum absolute atomic E-state index is 5.37. The Balaban J connectivity index is 1.78. The zero-order valence-corrected chi connectivity index (χ0v) is 10.2. The monoisotopic (exact) mass is 242 g/mol. The summed E-state index contributed by atoms with van der Waals surface area (Å²) in [5.41, 5.74) is 0. The average Bonchev–Trinajstić information content (AvgIpc) is 2.38. The number of hydrogen-bond acceptors (Lipinski definition) is 4. The molecule has 2 rings (SSSR count). The van der Waals surface area contributed by atoms with Crippen LogP contribution in [0, 0.1) is 0 Å². The van der Waals surface area contributed by atoms with Crippen molar-refractivity contribution in [3.05, 3.63) is 12.3 Å². The van der Waals surface area contributed by atoms with Gasteiger partial charge in [-0.05, 0) is 6.08 Å². The molecule has 4 nitrogen and oxygen atoms in total.